The number of hydrogen-bond acceptors (Lipinski definition) is 5. The number of pyridine rings is 2. The van der Waals surface area contributed by atoms with Gasteiger partial charge in [0.2, 0.25) is 0 Å². The topological polar surface area (TPSA) is 83.5 Å². The van der Waals surface area contributed by atoms with Crippen molar-refractivity contribution in [3.8, 4) is 44.9 Å². The molecule has 0 bridgehead atoms. The van der Waals surface area contributed by atoms with Crippen LogP contribution >= 0.6 is 0 Å². The average Bonchev–Trinajstić information content (AvgIpc) is 3.80. The lowest BCUT2D eigenvalue weighted by Crippen LogP contribution is -2.29. The van der Waals surface area contributed by atoms with Gasteiger partial charge in [-0.2, -0.15) is 0 Å². The molecule has 3 N–H and O–H groups in total. The molecule has 0 atom stereocenters. The van der Waals surface area contributed by atoms with Gasteiger partial charge in [-0.05, 0) is 142 Å². The fourth-order valence-corrected chi connectivity index (χ4v) is 6.77. The molecule has 6 aromatic rings. The first-order valence-electron chi connectivity index (χ1n) is 16.7. The van der Waals surface area contributed by atoms with Gasteiger partial charge in [-0.1, -0.05) is 0 Å². The van der Waals surface area contributed by atoms with Crippen LogP contribution in [0.4, 0.5) is 8.78 Å². The fourth-order valence-electron chi connectivity index (χ4n) is 6.77. The van der Waals surface area contributed by atoms with Gasteiger partial charge in [0, 0.05) is 59.1 Å². The highest BCUT2D eigenvalue weighted by Crippen LogP contribution is 2.37. The van der Waals surface area contributed by atoms with E-state index in [9.17, 15) is 8.78 Å². The third-order valence-corrected chi connectivity index (χ3v) is 9.31. The van der Waals surface area contributed by atoms with Crippen LogP contribution in [0.25, 0.3) is 44.9 Å². The Morgan fingerprint density at radius 1 is 0.604 bits per heavy atom. The van der Waals surface area contributed by atoms with Crippen LogP contribution in [0.5, 0.6) is 0 Å². The van der Waals surface area contributed by atoms with Crippen molar-refractivity contribution in [2.75, 3.05) is 26.2 Å². The molecule has 0 saturated carbocycles. The Hall–Kier alpha value is -4.99. The van der Waals surface area contributed by atoms with E-state index in [0.29, 0.717) is 12.0 Å². The molecule has 2 aliphatic heterocycles. The lowest BCUT2D eigenvalue weighted by molar-refractivity contribution is 0.370. The van der Waals surface area contributed by atoms with Gasteiger partial charge in [0.15, 0.2) is 0 Å². The van der Waals surface area contributed by atoms with Crippen molar-refractivity contribution in [1.29, 1.82) is 0 Å². The number of aromatic amines is 1. The number of H-pyrrole nitrogens is 1. The quantitative estimate of drug-likeness (QED) is 0.171. The Morgan fingerprint density at radius 2 is 1.15 bits per heavy atom. The van der Waals surface area contributed by atoms with Crippen molar-refractivity contribution in [1.82, 2.24) is 35.1 Å². The van der Waals surface area contributed by atoms with Crippen LogP contribution < -0.4 is 10.6 Å². The summed E-state index contributed by atoms with van der Waals surface area (Å²) in [4.78, 5) is 16.5. The molecule has 0 spiro atoms. The van der Waals surface area contributed by atoms with E-state index < -0.39 is 0 Å². The summed E-state index contributed by atoms with van der Waals surface area (Å²) < 4.78 is 28.9. The van der Waals surface area contributed by atoms with Crippen LogP contribution in [0.2, 0.25) is 0 Å². The van der Waals surface area contributed by atoms with E-state index in [1.807, 2.05) is 42.7 Å². The van der Waals surface area contributed by atoms with Gasteiger partial charge < -0.3 is 20.2 Å². The van der Waals surface area contributed by atoms with E-state index in [1.165, 1.54) is 30.0 Å². The van der Waals surface area contributed by atoms with Crippen LogP contribution in [0.1, 0.15) is 43.3 Å². The van der Waals surface area contributed by atoms with E-state index in [2.05, 4.69) is 41.2 Å². The van der Waals surface area contributed by atoms with Crippen LogP contribution in [-0.4, -0.2) is 50.7 Å². The monoisotopic (exact) mass is 643 g/mol. The summed E-state index contributed by atoms with van der Waals surface area (Å²) in [7, 11) is 0. The number of halogens is 2. The molecule has 0 aliphatic carbocycles. The molecular weight excluding hydrogens is 604 g/mol. The molecule has 2 fully saturated rings. The maximum atomic E-state index is 13.3. The standard InChI is InChI=1S/C20H20FN3.C19H19FN4/c21-17-3-1-16(2-4-17)20-18(14-5-9-22-10-6-14)13-19(24-20)15-7-11-23-12-8-15;20-16-3-1-14(2-4-16)18-19(15-5-9-21-10-6-15)24(13-23-18)17-7-11-22-12-8-17/h1-6,9-10,13,15,23-24H,7-8,11-12H2;1-6,9-10,13,17,22H,7-8,11-12H2. The zero-order valence-corrected chi connectivity index (χ0v) is 26.7. The Balaban J connectivity index is 0.000000152. The van der Waals surface area contributed by atoms with Crippen molar-refractivity contribution in [3.05, 3.63) is 127 Å². The van der Waals surface area contributed by atoms with E-state index in [-0.39, 0.29) is 11.6 Å². The number of piperidine rings is 2. The lowest BCUT2D eigenvalue weighted by atomic mass is 9.94. The first kappa shape index (κ1) is 31.6. The smallest absolute Gasteiger partial charge is 0.123 e. The number of hydrogen-bond donors (Lipinski definition) is 3. The molecule has 48 heavy (non-hydrogen) atoms. The molecule has 2 saturated heterocycles. The molecule has 4 aromatic heterocycles. The Bertz CT molecular complexity index is 1850. The second-order valence-electron chi connectivity index (χ2n) is 12.4. The van der Waals surface area contributed by atoms with Crippen molar-refractivity contribution in [2.45, 2.75) is 37.6 Å². The SMILES string of the molecule is Fc1ccc(-c2[nH]c(C3CCNCC3)cc2-c2ccncc2)cc1.Fc1ccc(-c2ncn(C3CCNCC3)c2-c2ccncc2)cc1. The van der Waals surface area contributed by atoms with E-state index in [0.717, 1.165) is 96.8 Å². The summed E-state index contributed by atoms with van der Waals surface area (Å²) in [6.07, 6.45) is 13.6. The molecule has 8 rings (SSSR count). The third kappa shape index (κ3) is 7.12. The minimum atomic E-state index is -0.234. The lowest BCUT2D eigenvalue weighted by Gasteiger charge is -2.26. The summed E-state index contributed by atoms with van der Waals surface area (Å²) in [5.41, 5.74) is 9.57. The molecule has 6 heterocycles. The predicted octanol–water partition coefficient (Wildman–Crippen LogP) is 8.03. The normalized spacial score (nSPS) is 15.5. The van der Waals surface area contributed by atoms with Gasteiger partial charge in [-0.15, -0.1) is 0 Å². The summed E-state index contributed by atoms with van der Waals surface area (Å²) in [6.45, 7) is 4.15. The first-order valence-corrected chi connectivity index (χ1v) is 16.7. The van der Waals surface area contributed by atoms with Crippen molar-refractivity contribution >= 4 is 0 Å². The zero-order chi connectivity index (χ0) is 32.7. The highest BCUT2D eigenvalue weighted by Gasteiger charge is 2.23. The maximum absolute atomic E-state index is 13.3. The van der Waals surface area contributed by atoms with Crippen LogP contribution in [0, 0.1) is 11.6 Å². The highest BCUT2D eigenvalue weighted by atomic mass is 19.1. The van der Waals surface area contributed by atoms with Gasteiger partial charge in [-0.3, -0.25) is 9.97 Å². The number of aromatic nitrogens is 5. The average molecular weight is 644 g/mol. The van der Waals surface area contributed by atoms with Crippen molar-refractivity contribution in [3.63, 3.8) is 0 Å². The largest absolute Gasteiger partial charge is 0.358 e. The Labute approximate surface area is 279 Å². The number of nitrogens with zero attached hydrogens (tertiary/aromatic N) is 4. The molecule has 7 nitrogen and oxygen atoms in total. The van der Waals surface area contributed by atoms with Gasteiger partial charge in [0.25, 0.3) is 0 Å². The molecule has 2 aromatic carbocycles. The summed E-state index contributed by atoms with van der Waals surface area (Å²) >= 11 is 0. The fraction of sp³-hybridized carbons (Fsp3) is 0.256. The van der Waals surface area contributed by atoms with Gasteiger partial charge in [0.05, 0.1) is 23.4 Å². The minimum absolute atomic E-state index is 0.214. The second-order valence-corrected chi connectivity index (χ2v) is 12.4. The number of rotatable bonds is 6. The van der Waals surface area contributed by atoms with Crippen molar-refractivity contribution < 1.29 is 8.78 Å². The molecule has 244 valence electrons. The van der Waals surface area contributed by atoms with Crippen LogP contribution in [0.15, 0.2) is 110 Å². The van der Waals surface area contributed by atoms with E-state index >= 15 is 0 Å². The highest BCUT2D eigenvalue weighted by molar-refractivity contribution is 5.82. The number of benzene rings is 2. The third-order valence-electron chi connectivity index (χ3n) is 9.31. The van der Waals surface area contributed by atoms with Gasteiger partial charge in [-0.25, -0.2) is 13.8 Å². The molecular formula is C39H39F2N7. The molecule has 0 radical (unpaired) electrons. The first-order chi connectivity index (χ1) is 23.6. The van der Waals surface area contributed by atoms with Gasteiger partial charge >= 0.3 is 0 Å². The molecule has 0 unspecified atom stereocenters. The predicted molar refractivity (Wildman–Crippen MR) is 186 cm³/mol. The summed E-state index contributed by atoms with van der Waals surface area (Å²) in [5, 5.41) is 6.81. The number of nitrogens with one attached hydrogen (secondary N) is 3. The maximum Gasteiger partial charge on any atom is 0.123 e. The number of imidazole rings is 1. The summed E-state index contributed by atoms with van der Waals surface area (Å²) in [5.74, 6) is 0.0948. The second kappa shape index (κ2) is 14.8. The molecule has 9 heteroatoms. The zero-order valence-electron chi connectivity index (χ0n) is 26.7. The van der Waals surface area contributed by atoms with Gasteiger partial charge in [0.1, 0.15) is 11.6 Å². The van der Waals surface area contributed by atoms with Crippen molar-refractivity contribution in [2.24, 2.45) is 0 Å². The summed E-state index contributed by atoms with van der Waals surface area (Å²) in [6, 6.07) is 23.9. The Kier molecular flexibility index (Phi) is 9.77. The molecule has 2 aliphatic rings. The minimum Gasteiger partial charge on any atom is -0.358 e. The van der Waals surface area contributed by atoms with E-state index in [1.54, 1.807) is 36.9 Å². The molecule has 0 amide bonds. The van der Waals surface area contributed by atoms with E-state index in [4.69, 9.17) is 0 Å². The Morgan fingerprint density at radius 3 is 1.75 bits per heavy atom. The van der Waals surface area contributed by atoms with Crippen LogP contribution in [0.3, 0.4) is 0 Å². The van der Waals surface area contributed by atoms with Crippen LogP contribution in [-0.2, 0) is 0 Å².